The third-order valence-electron chi connectivity index (χ3n) is 3.88. The molecule has 0 saturated heterocycles. The number of rotatable bonds is 4. The normalized spacial score (nSPS) is 15.3. The second-order valence-corrected chi connectivity index (χ2v) is 8.55. The fourth-order valence-corrected chi connectivity index (χ4v) is 4.31. The first-order valence-electron chi connectivity index (χ1n) is 7.66. The van der Waals surface area contributed by atoms with E-state index >= 15 is 0 Å². The fourth-order valence-electron chi connectivity index (χ4n) is 2.48. The maximum absolute atomic E-state index is 14.4. The van der Waals surface area contributed by atoms with Gasteiger partial charge in [-0.25, -0.2) is 19.3 Å². The molecule has 0 radical (unpaired) electrons. The number of halogens is 2. The van der Waals surface area contributed by atoms with Gasteiger partial charge in [-0.05, 0) is 37.1 Å². The second kappa shape index (κ2) is 6.55. The van der Waals surface area contributed by atoms with Crippen molar-refractivity contribution in [3.8, 4) is 21.8 Å². The molecule has 1 atom stereocenters. The number of aromatic nitrogens is 3. The Kier molecular flexibility index (Phi) is 4.39. The summed E-state index contributed by atoms with van der Waals surface area (Å²) in [6, 6.07) is 6.15. The predicted octanol–water partition coefficient (Wildman–Crippen LogP) is 4.67. The average Bonchev–Trinajstić information content (AvgIpc) is 3.36. The quantitative estimate of drug-likeness (QED) is 0.604. The Balaban J connectivity index is 1.91. The fraction of sp³-hybridized carbons (Fsp3) is 0.235. The molecular weight excluding hydrogens is 381 g/mol. The maximum Gasteiger partial charge on any atom is 0.218 e. The standard InChI is InChI=1S/C17H13ClFN3OS2/c1-25(23)17-20-7-6-13(21-17)15-14(22-16(24-15)9-2-3-9)11-8-10(18)4-5-12(11)19/h4-9H,2-3H2,1H3. The minimum atomic E-state index is -1.29. The van der Waals surface area contributed by atoms with E-state index in [9.17, 15) is 8.60 Å². The van der Waals surface area contributed by atoms with Gasteiger partial charge in [0, 0.05) is 29.0 Å². The smallest absolute Gasteiger partial charge is 0.218 e. The van der Waals surface area contributed by atoms with Crippen LogP contribution in [0.2, 0.25) is 5.02 Å². The molecule has 1 unspecified atom stereocenters. The zero-order valence-electron chi connectivity index (χ0n) is 13.2. The molecule has 25 heavy (non-hydrogen) atoms. The lowest BCUT2D eigenvalue weighted by Crippen LogP contribution is -1.97. The van der Waals surface area contributed by atoms with Crippen molar-refractivity contribution in [2.24, 2.45) is 0 Å². The first kappa shape index (κ1) is 16.8. The van der Waals surface area contributed by atoms with Gasteiger partial charge in [0.2, 0.25) is 5.16 Å². The molecule has 1 aliphatic carbocycles. The number of hydrogen-bond acceptors (Lipinski definition) is 5. The van der Waals surface area contributed by atoms with Crippen LogP contribution in [0.15, 0.2) is 35.6 Å². The van der Waals surface area contributed by atoms with E-state index in [0.29, 0.717) is 27.9 Å². The molecule has 2 heterocycles. The largest absolute Gasteiger partial charge is 0.251 e. The maximum atomic E-state index is 14.4. The van der Waals surface area contributed by atoms with Crippen LogP contribution in [0, 0.1) is 5.82 Å². The van der Waals surface area contributed by atoms with E-state index in [2.05, 4.69) is 15.0 Å². The van der Waals surface area contributed by atoms with E-state index in [1.807, 2.05) is 0 Å². The van der Waals surface area contributed by atoms with Crippen LogP contribution in [0.5, 0.6) is 0 Å². The van der Waals surface area contributed by atoms with Crippen LogP contribution in [0.4, 0.5) is 4.39 Å². The lowest BCUT2D eigenvalue weighted by molar-refractivity contribution is 0.631. The summed E-state index contributed by atoms with van der Waals surface area (Å²) in [5.41, 5.74) is 1.47. The molecule has 1 fully saturated rings. The molecule has 0 spiro atoms. The summed E-state index contributed by atoms with van der Waals surface area (Å²) in [6.07, 6.45) is 5.28. The Hall–Kier alpha value is -1.70. The molecule has 8 heteroatoms. The van der Waals surface area contributed by atoms with E-state index in [1.165, 1.54) is 29.7 Å². The second-order valence-electron chi connectivity index (χ2n) is 5.81. The minimum absolute atomic E-state index is 0.247. The van der Waals surface area contributed by atoms with E-state index in [0.717, 1.165) is 22.7 Å². The van der Waals surface area contributed by atoms with Crippen molar-refractivity contribution >= 4 is 33.7 Å². The topological polar surface area (TPSA) is 55.7 Å². The zero-order valence-corrected chi connectivity index (χ0v) is 15.6. The van der Waals surface area contributed by atoms with Crippen molar-refractivity contribution in [1.82, 2.24) is 15.0 Å². The van der Waals surface area contributed by atoms with Gasteiger partial charge in [-0.2, -0.15) is 0 Å². The van der Waals surface area contributed by atoms with Crippen molar-refractivity contribution in [2.45, 2.75) is 23.9 Å². The van der Waals surface area contributed by atoms with Gasteiger partial charge in [0.15, 0.2) is 0 Å². The van der Waals surface area contributed by atoms with Gasteiger partial charge < -0.3 is 0 Å². The van der Waals surface area contributed by atoms with Gasteiger partial charge in [-0.15, -0.1) is 11.3 Å². The Morgan fingerprint density at radius 3 is 2.80 bits per heavy atom. The van der Waals surface area contributed by atoms with Crippen LogP contribution in [-0.2, 0) is 10.8 Å². The molecule has 4 nitrogen and oxygen atoms in total. The third kappa shape index (κ3) is 3.36. The third-order valence-corrected chi connectivity index (χ3v) is 6.06. The summed E-state index contributed by atoms with van der Waals surface area (Å²) in [4.78, 5) is 13.8. The molecule has 0 N–H and O–H groups in total. The molecule has 0 bridgehead atoms. The molecule has 2 aromatic heterocycles. The van der Waals surface area contributed by atoms with Crippen molar-refractivity contribution in [2.75, 3.05) is 6.26 Å². The minimum Gasteiger partial charge on any atom is -0.251 e. The monoisotopic (exact) mass is 393 g/mol. The zero-order chi connectivity index (χ0) is 17.6. The van der Waals surface area contributed by atoms with Crippen LogP contribution >= 0.6 is 22.9 Å². The van der Waals surface area contributed by atoms with E-state index in [1.54, 1.807) is 18.3 Å². The highest BCUT2D eigenvalue weighted by Gasteiger charge is 2.30. The number of nitrogens with zero attached hydrogens (tertiary/aromatic N) is 3. The van der Waals surface area contributed by atoms with E-state index in [-0.39, 0.29) is 11.0 Å². The molecule has 1 aliphatic rings. The predicted molar refractivity (Wildman–Crippen MR) is 97.9 cm³/mol. The summed E-state index contributed by atoms with van der Waals surface area (Å²) >= 11 is 7.56. The summed E-state index contributed by atoms with van der Waals surface area (Å²) in [5.74, 6) is 0.0491. The van der Waals surface area contributed by atoms with Crippen LogP contribution in [0.25, 0.3) is 21.8 Å². The highest BCUT2D eigenvalue weighted by molar-refractivity contribution is 7.84. The molecule has 1 saturated carbocycles. The highest BCUT2D eigenvalue weighted by atomic mass is 35.5. The number of benzene rings is 1. The van der Waals surface area contributed by atoms with Gasteiger partial charge >= 0.3 is 0 Å². The molecule has 1 aromatic carbocycles. The first-order chi connectivity index (χ1) is 12.0. The van der Waals surface area contributed by atoms with E-state index in [4.69, 9.17) is 11.6 Å². The molecule has 0 aliphatic heterocycles. The van der Waals surface area contributed by atoms with Gasteiger partial charge in [-0.1, -0.05) is 11.6 Å². The molecule has 0 amide bonds. The van der Waals surface area contributed by atoms with Crippen molar-refractivity contribution < 1.29 is 8.60 Å². The van der Waals surface area contributed by atoms with Crippen LogP contribution in [0.3, 0.4) is 0 Å². The summed E-state index contributed by atoms with van der Waals surface area (Å²) in [6.45, 7) is 0. The lowest BCUT2D eigenvalue weighted by atomic mass is 10.1. The Morgan fingerprint density at radius 1 is 1.28 bits per heavy atom. The van der Waals surface area contributed by atoms with Crippen LogP contribution in [0.1, 0.15) is 23.8 Å². The molecule has 3 aromatic rings. The van der Waals surface area contributed by atoms with Gasteiger partial charge in [-0.3, -0.25) is 4.21 Å². The van der Waals surface area contributed by atoms with Crippen LogP contribution in [-0.4, -0.2) is 25.4 Å². The summed E-state index contributed by atoms with van der Waals surface area (Å²) in [7, 11) is -1.29. The van der Waals surface area contributed by atoms with E-state index < -0.39 is 10.8 Å². The SMILES string of the molecule is CS(=O)c1nccc(-c2sc(C3CC3)nc2-c2cc(Cl)ccc2F)n1. The summed E-state index contributed by atoms with van der Waals surface area (Å²) < 4.78 is 26.1. The number of hydrogen-bond donors (Lipinski definition) is 0. The van der Waals surface area contributed by atoms with Gasteiger partial charge in [0.05, 0.1) is 32.1 Å². The molecule has 4 rings (SSSR count). The first-order valence-corrected chi connectivity index (χ1v) is 10.4. The van der Waals surface area contributed by atoms with Gasteiger partial charge in [0.25, 0.3) is 0 Å². The Bertz CT molecular complexity index is 988. The summed E-state index contributed by atoms with van der Waals surface area (Å²) in [5, 5.41) is 1.67. The molecular formula is C17H13ClFN3OS2. The highest BCUT2D eigenvalue weighted by Crippen LogP contribution is 2.47. The lowest BCUT2D eigenvalue weighted by Gasteiger charge is -2.05. The Labute approximate surface area is 155 Å². The molecule has 128 valence electrons. The van der Waals surface area contributed by atoms with Gasteiger partial charge in [0.1, 0.15) is 5.82 Å². The van der Waals surface area contributed by atoms with Crippen molar-refractivity contribution in [3.05, 3.63) is 46.3 Å². The van der Waals surface area contributed by atoms with Crippen LogP contribution < -0.4 is 0 Å². The van der Waals surface area contributed by atoms with Crippen molar-refractivity contribution in [3.63, 3.8) is 0 Å². The average molecular weight is 394 g/mol. The van der Waals surface area contributed by atoms with Crippen molar-refractivity contribution in [1.29, 1.82) is 0 Å². The number of thiazole rings is 1. The Morgan fingerprint density at radius 2 is 2.08 bits per heavy atom.